The van der Waals surface area contributed by atoms with Gasteiger partial charge in [0.1, 0.15) is 5.82 Å². The Bertz CT molecular complexity index is 475. The van der Waals surface area contributed by atoms with Crippen LogP contribution < -0.4 is 10.6 Å². The first-order valence-corrected chi connectivity index (χ1v) is 6.80. The van der Waals surface area contributed by atoms with Gasteiger partial charge in [0.05, 0.1) is 5.56 Å². The Morgan fingerprint density at radius 2 is 2.11 bits per heavy atom. The molecule has 0 saturated carbocycles. The summed E-state index contributed by atoms with van der Waals surface area (Å²) in [6.45, 7) is 6.03. The highest BCUT2D eigenvalue weighted by molar-refractivity contribution is 5.94. The van der Waals surface area contributed by atoms with Crippen LogP contribution in [0.2, 0.25) is 0 Å². The number of hydrogen-bond donors (Lipinski definition) is 2. The Balaban J connectivity index is 2.06. The monoisotopic (exact) mass is 264 g/mol. The third-order valence-corrected chi connectivity index (χ3v) is 3.74. The van der Waals surface area contributed by atoms with E-state index in [1.54, 1.807) is 12.1 Å². The smallest absolute Gasteiger partial charge is 0.254 e. The van der Waals surface area contributed by atoms with E-state index in [-0.39, 0.29) is 23.6 Å². The molecule has 0 aliphatic carbocycles. The zero-order valence-electron chi connectivity index (χ0n) is 11.7. The zero-order chi connectivity index (χ0) is 14.0. The summed E-state index contributed by atoms with van der Waals surface area (Å²) in [5.74, 6) is -0.790. The van der Waals surface area contributed by atoms with Gasteiger partial charge in [-0.25, -0.2) is 4.39 Å². The molecule has 3 nitrogen and oxygen atoms in total. The van der Waals surface area contributed by atoms with Crippen LogP contribution in [0.25, 0.3) is 0 Å². The van der Waals surface area contributed by atoms with Crippen molar-refractivity contribution in [1.82, 2.24) is 10.6 Å². The summed E-state index contributed by atoms with van der Waals surface area (Å²) in [7, 11) is 0. The summed E-state index contributed by atoms with van der Waals surface area (Å²) >= 11 is 0. The molecule has 4 heteroatoms. The minimum absolute atomic E-state index is 0.0589. The number of benzene rings is 1. The number of aryl methyl sites for hydroxylation is 1. The van der Waals surface area contributed by atoms with E-state index >= 15 is 0 Å². The fraction of sp³-hybridized carbons (Fsp3) is 0.533. The Morgan fingerprint density at radius 3 is 2.79 bits per heavy atom. The molecule has 1 fully saturated rings. The molecule has 1 aliphatic rings. The van der Waals surface area contributed by atoms with Gasteiger partial charge in [-0.2, -0.15) is 0 Å². The lowest BCUT2D eigenvalue weighted by Crippen LogP contribution is -2.54. The first-order valence-electron chi connectivity index (χ1n) is 6.80. The van der Waals surface area contributed by atoms with Gasteiger partial charge in [-0.05, 0) is 45.7 Å². The van der Waals surface area contributed by atoms with Gasteiger partial charge < -0.3 is 10.6 Å². The van der Waals surface area contributed by atoms with Crippen molar-refractivity contribution < 1.29 is 9.18 Å². The maximum absolute atomic E-state index is 13.7. The van der Waals surface area contributed by atoms with Crippen LogP contribution in [-0.4, -0.2) is 24.0 Å². The van der Waals surface area contributed by atoms with E-state index in [0.717, 1.165) is 18.4 Å². The first-order chi connectivity index (χ1) is 8.97. The van der Waals surface area contributed by atoms with Gasteiger partial charge in [-0.3, -0.25) is 4.79 Å². The average Bonchev–Trinajstić information content (AvgIpc) is 2.35. The summed E-state index contributed by atoms with van der Waals surface area (Å²) in [4.78, 5) is 12.1. The van der Waals surface area contributed by atoms with Gasteiger partial charge >= 0.3 is 0 Å². The van der Waals surface area contributed by atoms with E-state index in [9.17, 15) is 9.18 Å². The van der Waals surface area contributed by atoms with Crippen LogP contribution in [0.1, 0.15) is 42.6 Å². The largest absolute Gasteiger partial charge is 0.348 e. The molecule has 1 amide bonds. The molecule has 3 unspecified atom stereocenters. The van der Waals surface area contributed by atoms with Crippen molar-refractivity contribution in [3.8, 4) is 0 Å². The maximum Gasteiger partial charge on any atom is 0.254 e. The van der Waals surface area contributed by atoms with Crippen molar-refractivity contribution >= 4 is 5.91 Å². The van der Waals surface area contributed by atoms with Crippen LogP contribution >= 0.6 is 0 Å². The molecule has 0 aromatic heterocycles. The molecule has 104 valence electrons. The van der Waals surface area contributed by atoms with Gasteiger partial charge in [0.15, 0.2) is 0 Å². The number of carbonyl (C=O) groups is 1. The van der Waals surface area contributed by atoms with Crippen LogP contribution in [0.4, 0.5) is 4.39 Å². The van der Waals surface area contributed by atoms with E-state index in [4.69, 9.17) is 0 Å². The van der Waals surface area contributed by atoms with Gasteiger partial charge in [0.2, 0.25) is 0 Å². The van der Waals surface area contributed by atoms with Crippen LogP contribution in [0, 0.1) is 12.7 Å². The lowest BCUT2D eigenvalue weighted by molar-refractivity contribution is 0.0910. The van der Waals surface area contributed by atoms with E-state index in [1.807, 2.05) is 13.8 Å². The van der Waals surface area contributed by atoms with Gasteiger partial charge in [0, 0.05) is 18.1 Å². The van der Waals surface area contributed by atoms with E-state index in [0.29, 0.717) is 6.04 Å². The minimum Gasteiger partial charge on any atom is -0.348 e. The van der Waals surface area contributed by atoms with Crippen LogP contribution in [-0.2, 0) is 0 Å². The summed E-state index contributed by atoms with van der Waals surface area (Å²) in [5, 5.41) is 6.34. The highest BCUT2D eigenvalue weighted by Crippen LogP contribution is 2.15. The van der Waals surface area contributed by atoms with Crippen molar-refractivity contribution in [2.75, 3.05) is 0 Å². The molecular formula is C15H21FN2O. The molecule has 0 bridgehead atoms. The number of rotatable bonds is 2. The lowest BCUT2D eigenvalue weighted by atomic mass is 9.95. The summed E-state index contributed by atoms with van der Waals surface area (Å²) < 4.78 is 13.7. The fourth-order valence-corrected chi connectivity index (χ4v) is 2.58. The molecule has 0 radical (unpaired) electrons. The first kappa shape index (κ1) is 14.0. The fourth-order valence-electron chi connectivity index (χ4n) is 2.58. The number of hydrogen-bond acceptors (Lipinski definition) is 2. The average molecular weight is 264 g/mol. The SMILES string of the molecule is Cc1ccc(F)c(C(=O)NC2CCC(C)NC2C)c1. The number of piperidine rings is 1. The van der Waals surface area contributed by atoms with Crippen molar-refractivity contribution in [3.63, 3.8) is 0 Å². The van der Waals surface area contributed by atoms with Gasteiger partial charge in [-0.15, -0.1) is 0 Å². The van der Waals surface area contributed by atoms with Crippen LogP contribution in [0.3, 0.4) is 0 Å². The normalized spacial score (nSPS) is 27.1. The molecule has 2 rings (SSSR count). The molecule has 2 N–H and O–H groups in total. The second kappa shape index (κ2) is 5.70. The van der Waals surface area contributed by atoms with E-state index in [2.05, 4.69) is 17.6 Å². The van der Waals surface area contributed by atoms with Crippen molar-refractivity contribution in [2.24, 2.45) is 0 Å². The van der Waals surface area contributed by atoms with E-state index < -0.39 is 5.82 Å². The number of nitrogens with one attached hydrogen (secondary N) is 2. The summed E-state index contributed by atoms with van der Waals surface area (Å²) in [6.07, 6.45) is 1.94. The molecule has 1 saturated heterocycles. The van der Waals surface area contributed by atoms with Gasteiger partial charge in [0.25, 0.3) is 5.91 Å². The Hall–Kier alpha value is -1.42. The third kappa shape index (κ3) is 3.32. The maximum atomic E-state index is 13.7. The topological polar surface area (TPSA) is 41.1 Å². The van der Waals surface area contributed by atoms with E-state index in [1.165, 1.54) is 6.07 Å². The zero-order valence-corrected chi connectivity index (χ0v) is 11.7. The highest BCUT2D eigenvalue weighted by Gasteiger charge is 2.26. The predicted molar refractivity (Wildman–Crippen MR) is 73.7 cm³/mol. The molecule has 19 heavy (non-hydrogen) atoms. The lowest BCUT2D eigenvalue weighted by Gasteiger charge is -2.34. The molecule has 0 spiro atoms. The van der Waals surface area contributed by atoms with Gasteiger partial charge in [-0.1, -0.05) is 11.6 Å². The number of halogens is 1. The summed E-state index contributed by atoms with van der Waals surface area (Å²) in [6, 6.07) is 5.34. The quantitative estimate of drug-likeness (QED) is 0.861. The van der Waals surface area contributed by atoms with Crippen LogP contribution in [0.5, 0.6) is 0 Å². The van der Waals surface area contributed by atoms with Crippen molar-refractivity contribution in [1.29, 1.82) is 0 Å². The molecular weight excluding hydrogens is 243 g/mol. The number of carbonyl (C=O) groups excluding carboxylic acids is 1. The Morgan fingerprint density at radius 1 is 1.37 bits per heavy atom. The second-order valence-corrected chi connectivity index (χ2v) is 5.50. The minimum atomic E-state index is -0.465. The molecule has 1 aliphatic heterocycles. The predicted octanol–water partition coefficient (Wildman–Crippen LogP) is 2.39. The molecule has 1 heterocycles. The third-order valence-electron chi connectivity index (χ3n) is 3.74. The highest BCUT2D eigenvalue weighted by atomic mass is 19.1. The number of amides is 1. The Kier molecular flexibility index (Phi) is 4.20. The standard InChI is InChI=1S/C15H21FN2O/c1-9-4-6-13(16)12(8-9)15(19)18-14-7-5-10(2)17-11(14)3/h4,6,8,10-11,14,17H,5,7H2,1-3H3,(H,18,19). The molecule has 1 aromatic rings. The van der Waals surface area contributed by atoms with Crippen LogP contribution in [0.15, 0.2) is 18.2 Å². The Labute approximate surface area is 113 Å². The molecule has 3 atom stereocenters. The summed E-state index contributed by atoms with van der Waals surface area (Å²) in [5.41, 5.74) is 1.01. The van der Waals surface area contributed by atoms with Crippen molar-refractivity contribution in [2.45, 2.75) is 51.7 Å². The van der Waals surface area contributed by atoms with Crippen molar-refractivity contribution in [3.05, 3.63) is 35.1 Å². The molecule has 1 aromatic carbocycles. The second-order valence-electron chi connectivity index (χ2n) is 5.50.